The second kappa shape index (κ2) is 8.41. The Morgan fingerprint density at radius 2 is 2.03 bits per heavy atom. The van der Waals surface area contributed by atoms with Gasteiger partial charge in [0.05, 0.1) is 25.8 Å². The van der Waals surface area contributed by atoms with Crippen molar-refractivity contribution >= 4 is 22.7 Å². The van der Waals surface area contributed by atoms with E-state index < -0.39 is 18.4 Å². The fourth-order valence-electron chi connectivity index (χ4n) is 3.75. The van der Waals surface area contributed by atoms with Crippen LogP contribution in [0.5, 0.6) is 5.75 Å². The van der Waals surface area contributed by atoms with E-state index in [1.165, 1.54) is 23.8 Å². The van der Waals surface area contributed by atoms with Gasteiger partial charge >= 0.3 is 0 Å². The van der Waals surface area contributed by atoms with Crippen LogP contribution in [0.1, 0.15) is 24.2 Å². The van der Waals surface area contributed by atoms with Gasteiger partial charge in [0.1, 0.15) is 24.1 Å². The maximum absolute atomic E-state index is 14.1. The number of aromatic nitrogens is 5. The molecule has 1 atom stereocenters. The Bertz CT molecular complexity index is 1130. The number of alkyl halides is 2. The zero-order chi connectivity index (χ0) is 22.2. The molecule has 0 saturated carbocycles. The van der Waals surface area contributed by atoms with Gasteiger partial charge in [0.15, 0.2) is 11.6 Å². The molecule has 1 unspecified atom stereocenters. The highest BCUT2D eigenvalue weighted by Crippen LogP contribution is 2.34. The number of nitrogens with two attached hydrogens (primary N) is 1. The Labute approximate surface area is 181 Å². The summed E-state index contributed by atoms with van der Waals surface area (Å²) >= 11 is 0. The van der Waals surface area contributed by atoms with Crippen molar-refractivity contribution in [3.8, 4) is 11.7 Å². The quantitative estimate of drug-likeness (QED) is 0.550. The van der Waals surface area contributed by atoms with Crippen molar-refractivity contribution in [3.63, 3.8) is 0 Å². The molecule has 0 radical (unpaired) electrons. The molecule has 2 saturated heterocycles. The van der Waals surface area contributed by atoms with Crippen LogP contribution in [-0.2, 0) is 9.47 Å². The number of fused-ring (bicyclic) bond motifs is 1. The molecule has 3 N–H and O–H groups in total. The van der Waals surface area contributed by atoms with E-state index in [-0.39, 0.29) is 17.2 Å². The van der Waals surface area contributed by atoms with E-state index in [9.17, 15) is 8.78 Å². The lowest BCUT2D eigenvalue weighted by atomic mass is 10.2. The van der Waals surface area contributed by atoms with Gasteiger partial charge in [-0.1, -0.05) is 0 Å². The van der Waals surface area contributed by atoms with E-state index >= 15 is 0 Å². The van der Waals surface area contributed by atoms with Gasteiger partial charge in [0.25, 0.3) is 6.43 Å². The Hall–Kier alpha value is -3.16. The van der Waals surface area contributed by atoms with Crippen molar-refractivity contribution < 1.29 is 23.0 Å². The van der Waals surface area contributed by atoms with Gasteiger partial charge in [-0.05, 0) is 6.07 Å². The first-order valence-electron chi connectivity index (χ1n) is 10.1. The number of halogens is 2. The van der Waals surface area contributed by atoms with E-state index in [2.05, 4.69) is 25.3 Å². The Kier molecular flexibility index (Phi) is 5.45. The lowest BCUT2D eigenvalue weighted by Crippen LogP contribution is -2.35. The zero-order valence-corrected chi connectivity index (χ0v) is 17.3. The van der Waals surface area contributed by atoms with Gasteiger partial charge in [-0.3, -0.25) is 4.57 Å². The number of rotatable bonds is 5. The molecular weight excluding hydrogens is 426 g/mol. The number of methoxy groups -OCH3 is 1. The van der Waals surface area contributed by atoms with Gasteiger partial charge in [0, 0.05) is 31.4 Å². The summed E-state index contributed by atoms with van der Waals surface area (Å²) in [5.74, 6) is 0.406. The number of imidazole rings is 1. The summed E-state index contributed by atoms with van der Waals surface area (Å²) in [6.45, 7) is 3.06. The number of nitrogen functional groups attached to an aromatic ring is 1. The summed E-state index contributed by atoms with van der Waals surface area (Å²) in [6, 6.07) is 3.07. The van der Waals surface area contributed by atoms with Crippen molar-refractivity contribution in [2.75, 3.05) is 57.3 Å². The molecule has 0 bridgehead atoms. The molecule has 2 aliphatic heterocycles. The summed E-state index contributed by atoms with van der Waals surface area (Å²) in [5, 5.41) is 3.22. The number of nitrogens with zero attached hydrogens (tertiary/aromatic N) is 6. The summed E-state index contributed by atoms with van der Waals surface area (Å²) < 4.78 is 45.8. The van der Waals surface area contributed by atoms with Crippen LogP contribution in [0, 0.1) is 0 Å². The van der Waals surface area contributed by atoms with Gasteiger partial charge in [-0.2, -0.15) is 15.0 Å². The van der Waals surface area contributed by atoms with E-state index in [0.717, 1.165) is 0 Å². The van der Waals surface area contributed by atoms with Crippen LogP contribution in [0.15, 0.2) is 12.1 Å². The highest BCUT2D eigenvalue weighted by atomic mass is 19.3. The Morgan fingerprint density at radius 1 is 1.19 bits per heavy atom. The summed E-state index contributed by atoms with van der Waals surface area (Å²) in [4.78, 5) is 19.5. The zero-order valence-electron chi connectivity index (χ0n) is 17.3. The molecular formula is C19H22F2N8O3. The van der Waals surface area contributed by atoms with E-state index in [1.54, 1.807) is 4.90 Å². The van der Waals surface area contributed by atoms with Crippen LogP contribution in [0.4, 0.5) is 20.4 Å². The number of hydrogen-bond acceptors (Lipinski definition) is 10. The number of benzene rings is 1. The molecule has 2 aliphatic rings. The van der Waals surface area contributed by atoms with Crippen LogP contribution in [0.25, 0.3) is 17.0 Å². The fraction of sp³-hybridized carbons (Fsp3) is 0.474. The van der Waals surface area contributed by atoms with E-state index in [0.29, 0.717) is 62.6 Å². The molecule has 11 nitrogen and oxygen atoms in total. The Morgan fingerprint density at radius 3 is 2.72 bits per heavy atom. The first-order chi connectivity index (χ1) is 15.5. The molecule has 170 valence electrons. The minimum atomic E-state index is -2.89. The molecule has 2 aromatic heterocycles. The lowest BCUT2D eigenvalue weighted by Gasteiger charge is -2.24. The molecule has 4 heterocycles. The standard InChI is InChI=1S/C19H22F2N8O3/c1-30-12-7-10(22)6-11-14(12)24-17(15(20)21)29(11)19-26-16(13-8-23-2-4-32-13)25-18(27-19)28-3-5-31-9-28/h6-7,13,15,23H,2-5,8-9,22H2,1H3. The maximum Gasteiger partial charge on any atom is 0.296 e. The molecule has 0 spiro atoms. The highest BCUT2D eigenvalue weighted by Gasteiger charge is 2.28. The molecule has 32 heavy (non-hydrogen) atoms. The molecule has 0 aliphatic carbocycles. The number of morpholine rings is 1. The predicted molar refractivity (Wildman–Crippen MR) is 110 cm³/mol. The first kappa shape index (κ1) is 20.7. The molecule has 2 fully saturated rings. The molecule has 13 heteroatoms. The normalized spacial score (nSPS) is 19.2. The number of hydrogen-bond donors (Lipinski definition) is 2. The highest BCUT2D eigenvalue weighted by molar-refractivity contribution is 5.87. The summed E-state index contributed by atoms with van der Waals surface area (Å²) in [5.41, 5.74) is 6.87. The summed E-state index contributed by atoms with van der Waals surface area (Å²) in [7, 11) is 1.43. The van der Waals surface area contributed by atoms with Crippen molar-refractivity contribution in [2.45, 2.75) is 12.5 Å². The maximum atomic E-state index is 14.1. The van der Waals surface area contributed by atoms with Crippen LogP contribution >= 0.6 is 0 Å². The van der Waals surface area contributed by atoms with Crippen molar-refractivity contribution in [2.24, 2.45) is 0 Å². The lowest BCUT2D eigenvalue weighted by molar-refractivity contribution is 0.0220. The van der Waals surface area contributed by atoms with Gasteiger partial charge in [0.2, 0.25) is 11.9 Å². The van der Waals surface area contributed by atoms with Crippen molar-refractivity contribution in [1.82, 2.24) is 29.8 Å². The number of nitrogens with one attached hydrogen (secondary N) is 1. The molecule has 1 aromatic carbocycles. The third kappa shape index (κ3) is 3.67. The second-order valence-electron chi connectivity index (χ2n) is 7.35. The fourth-order valence-corrected chi connectivity index (χ4v) is 3.75. The minimum Gasteiger partial charge on any atom is -0.494 e. The van der Waals surface area contributed by atoms with Gasteiger partial charge in [-0.15, -0.1) is 0 Å². The molecule has 0 amide bonds. The molecule has 5 rings (SSSR count). The Balaban J connectivity index is 1.73. The molecule has 3 aromatic rings. The predicted octanol–water partition coefficient (Wildman–Crippen LogP) is 1.19. The van der Waals surface area contributed by atoms with Gasteiger partial charge in [-0.25, -0.2) is 13.8 Å². The van der Waals surface area contributed by atoms with Crippen LogP contribution in [-0.4, -0.2) is 71.2 Å². The number of anilines is 2. The van der Waals surface area contributed by atoms with Crippen LogP contribution in [0.2, 0.25) is 0 Å². The minimum absolute atomic E-state index is 0.00322. The van der Waals surface area contributed by atoms with Crippen LogP contribution in [0.3, 0.4) is 0 Å². The summed E-state index contributed by atoms with van der Waals surface area (Å²) in [6.07, 6.45) is -3.34. The van der Waals surface area contributed by atoms with E-state index in [4.69, 9.17) is 19.9 Å². The third-order valence-corrected chi connectivity index (χ3v) is 5.27. The van der Waals surface area contributed by atoms with Crippen molar-refractivity contribution in [3.05, 3.63) is 23.8 Å². The topological polar surface area (TPSA) is 125 Å². The smallest absolute Gasteiger partial charge is 0.296 e. The van der Waals surface area contributed by atoms with E-state index in [1.807, 2.05) is 0 Å². The third-order valence-electron chi connectivity index (χ3n) is 5.27. The SMILES string of the molecule is COc1cc(N)cc2c1nc(C(F)F)n2-c1nc(C2CNCCO2)nc(N2CCOC2)n1. The van der Waals surface area contributed by atoms with Crippen molar-refractivity contribution in [1.29, 1.82) is 0 Å². The van der Waals surface area contributed by atoms with Gasteiger partial charge < -0.3 is 30.2 Å². The van der Waals surface area contributed by atoms with Crippen LogP contribution < -0.4 is 20.7 Å². The first-order valence-corrected chi connectivity index (χ1v) is 10.1. The average Bonchev–Trinajstić information content (AvgIpc) is 3.47. The largest absolute Gasteiger partial charge is 0.494 e. The monoisotopic (exact) mass is 448 g/mol. The average molecular weight is 448 g/mol. The second-order valence-corrected chi connectivity index (χ2v) is 7.35. The number of ether oxygens (including phenoxy) is 3.